The number of ketones is 1. The Balaban J connectivity index is 1.50. The van der Waals surface area contributed by atoms with Crippen molar-refractivity contribution >= 4 is 17.4 Å². The summed E-state index contributed by atoms with van der Waals surface area (Å²) in [5, 5.41) is 9.09. The maximum atomic E-state index is 12.6. The Hall–Kier alpha value is -1.68. The molecule has 0 amide bonds. The van der Waals surface area contributed by atoms with Crippen LogP contribution in [0.1, 0.15) is 32.4 Å². The van der Waals surface area contributed by atoms with Crippen LogP contribution in [-0.2, 0) is 11.2 Å². The van der Waals surface area contributed by atoms with Gasteiger partial charge in [-0.3, -0.25) is 4.79 Å². The van der Waals surface area contributed by atoms with E-state index in [9.17, 15) is 4.79 Å². The van der Waals surface area contributed by atoms with Crippen molar-refractivity contribution in [1.82, 2.24) is 15.0 Å². The summed E-state index contributed by atoms with van der Waals surface area (Å²) in [6.07, 6.45) is 4.68. The van der Waals surface area contributed by atoms with Crippen LogP contribution < -0.4 is 0 Å². The number of carbonyl (C=O) groups excluding carboxylic acids is 1. The molecule has 3 saturated carbocycles. The summed E-state index contributed by atoms with van der Waals surface area (Å²) in [7, 11) is 0. The maximum absolute atomic E-state index is 12.6. The molecule has 1 heterocycles. The molecular weight excluding hydrogens is 310 g/mol. The molecule has 5 rings (SSSR count). The number of rotatable bonds is 3. The van der Waals surface area contributed by atoms with Gasteiger partial charge < -0.3 is 0 Å². The molecule has 0 N–H and O–H groups in total. The lowest BCUT2D eigenvalue weighted by Crippen LogP contribution is -2.56. The van der Waals surface area contributed by atoms with E-state index in [-0.39, 0.29) is 17.3 Å². The van der Waals surface area contributed by atoms with E-state index in [1.807, 2.05) is 30.5 Å². The second-order valence-electron chi connectivity index (χ2n) is 7.48. The molecule has 0 spiro atoms. The quantitative estimate of drug-likeness (QED) is 0.862. The van der Waals surface area contributed by atoms with E-state index in [0.29, 0.717) is 23.1 Å². The van der Waals surface area contributed by atoms with Crippen LogP contribution in [0.2, 0.25) is 5.02 Å². The third-order valence-electron chi connectivity index (χ3n) is 5.85. The van der Waals surface area contributed by atoms with E-state index in [2.05, 4.69) is 24.2 Å². The van der Waals surface area contributed by atoms with E-state index < -0.39 is 0 Å². The second kappa shape index (κ2) is 5.17. The zero-order valence-electron chi connectivity index (χ0n) is 13.4. The van der Waals surface area contributed by atoms with Gasteiger partial charge in [0.15, 0.2) is 0 Å². The highest BCUT2D eigenvalue weighted by atomic mass is 35.5. The zero-order chi connectivity index (χ0) is 16.2. The topological polar surface area (TPSA) is 47.8 Å². The van der Waals surface area contributed by atoms with Crippen LogP contribution >= 0.6 is 11.6 Å². The fourth-order valence-corrected chi connectivity index (χ4v) is 4.40. The minimum Gasteiger partial charge on any atom is -0.299 e. The lowest BCUT2D eigenvalue weighted by Gasteiger charge is -2.57. The predicted molar refractivity (Wildman–Crippen MR) is 88.6 cm³/mol. The molecule has 0 saturated heterocycles. The van der Waals surface area contributed by atoms with Gasteiger partial charge in [-0.1, -0.05) is 36.7 Å². The van der Waals surface area contributed by atoms with Crippen LogP contribution in [-0.4, -0.2) is 20.8 Å². The lowest BCUT2D eigenvalue weighted by atomic mass is 9.46. The van der Waals surface area contributed by atoms with Gasteiger partial charge in [0.25, 0.3) is 0 Å². The van der Waals surface area contributed by atoms with Gasteiger partial charge in [0.05, 0.1) is 17.6 Å². The molecule has 3 atom stereocenters. The van der Waals surface area contributed by atoms with Crippen molar-refractivity contribution in [3.63, 3.8) is 0 Å². The molecule has 23 heavy (non-hydrogen) atoms. The molecule has 4 nitrogen and oxygen atoms in total. The fourth-order valence-electron chi connectivity index (χ4n) is 4.22. The van der Waals surface area contributed by atoms with E-state index in [0.717, 1.165) is 24.2 Å². The molecule has 3 aliphatic carbocycles. The molecule has 2 bridgehead atoms. The van der Waals surface area contributed by atoms with Crippen molar-refractivity contribution in [3.8, 4) is 5.69 Å². The lowest BCUT2D eigenvalue weighted by molar-refractivity contribution is -0.156. The van der Waals surface area contributed by atoms with Crippen LogP contribution in [0.4, 0.5) is 0 Å². The number of carbonyl (C=O) groups is 1. The first-order valence-corrected chi connectivity index (χ1v) is 8.54. The molecule has 1 aromatic heterocycles. The normalized spacial score (nSPS) is 28.5. The Morgan fingerprint density at radius 2 is 2.17 bits per heavy atom. The average molecular weight is 330 g/mol. The summed E-state index contributed by atoms with van der Waals surface area (Å²) in [6.45, 7) is 4.46. The smallest absolute Gasteiger partial charge is 0.139 e. The number of benzene rings is 1. The number of hydrogen-bond donors (Lipinski definition) is 0. The molecule has 2 aromatic rings. The first-order valence-electron chi connectivity index (χ1n) is 8.16. The molecule has 0 radical (unpaired) electrons. The summed E-state index contributed by atoms with van der Waals surface area (Å²) >= 11 is 6.02. The SMILES string of the molecule is CC1(C)[C@H]2C[C@H](Cc3cn(-c4cccc(Cl)c4)nn3)C(=O)[C@@H]1C2. The third-order valence-corrected chi connectivity index (χ3v) is 6.09. The predicted octanol–water partition coefficient (Wildman–Crippen LogP) is 3.71. The molecule has 3 fully saturated rings. The Morgan fingerprint density at radius 3 is 2.87 bits per heavy atom. The molecule has 0 aliphatic heterocycles. The minimum atomic E-state index is 0.108. The average Bonchev–Trinajstić information content (AvgIpc) is 2.97. The van der Waals surface area contributed by atoms with Crippen molar-refractivity contribution in [2.75, 3.05) is 0 Å². The van der Waals surface area contributed by atoms with Crippen LogP contribution in [0.3, 0.4) is 0 Å². The number of fused-ring (bicyclic) bond motifs is 2. The van der Waals surface area contributed by atoms with Crippen molar-refractivity contribution in [1.29, 1.82) is 0 Å². The van der Waals surface area contributed by atoms with Crippen LogP contribution in [0.25, 0.3) is 5.69 Å². The van der Waals surface area contributed by atoms with Gasteiger partial charge in [0.1, 0.15) is 5.78 Å². The number of nitrogens with zero attached hydrogens (tertiary/aromatic N) is 3. The molecule has 1 aromatic carbocycles. The van der Waals surface area contributed by atoms with Crippen LogP contribution in [0.15, 0.2) is 30.5 Å². The van der Waals surface area contributed by atoms with Gasteiger partial charge >= 0.3 is 0 Å². The van der Waals surface area contributed by atoms with Crippen LogP contribution in [0, 0.1) is 23.2 Å². The van der Waals surface area contributed by atoms with Gasteiger partial charge in [-0.2, -0.15) is 0 Å². The summed E-state index contributed by atoms with van der Waals surface area (Å²) in [5.41, 5.74) is 1.96. The van der Waals surface area contributed by atoms with E-state index >= 15 is 0 Å². The Morgan fingerprint density at radius 1 is 1.35 bits per heavy atom. The number of halogens is 1. The molecule has 0 unspecified atom stereocenters. The van der Waals surface area contributed by atoms with Crippen molar-refractivity contribution < 1.29 is 4.79 Å². The summed E-state index contributed by atoms with van der Waals surface area (Å²) < 4.78 is 1.72. The first kappa shape index (κ1) is 14.9. The van der Waals surface area contributed by atoms with Crippen molar-refractivity contribution in [3.05, 3.63) is 41.2 Å². The minimum absolute atomic E-state index is 0.108. The highest BCUT2D eigenvalue weighted by Crippen LogP contribution is 2.59. The van der Waals surface area contributed by atoms with Gasteiger partial charge in [0.2, 0.25) is 0 Å². The zero-order valence-corrected chi connectivity index (χ0v) is 14.1. The monoisotopic (exact) mass is 329 g/mol. The van der Waals surface area contributed by atoms with E-state index in [4.69, 9.17) is 11.6 Å². The number of Topliss-reactive ketones (excluding diaryl/α,β-unsaturated/α-hetero) is 1. The van der Waals surface area contributed by atoms with E-state index in [1.54, 1.807) is 4.68 Å². The summed E-state index contributed by atoms with van der Waals surface area (Å²) in [4.78, 5) is 12.6. The fraction of sp³-hybridized carbons (Fsp3) is 0.500. The Bertz CT molecular complexity index is 767. The van der Waals surface area contributed by atoms with Gasteiger partial charge in [-0.25, -0.2) is 4.68 Å². The molecule has 3 aliphatic rings. The van der Waals surface area contributed by atoms with Gasteiger partial charge in [-0.05, 0) is 42.4 Å². The molecule has 120 valence electrons. The van der Waals surface area contributed by atoms with Crippen molar-refractivity contribution in [2.45, 2.75) is 33.1 Å². The standard InChI is InChI=1S/C18H20ClN3O/c1-18(2)12-6-11(17(23)16(18)8-12)7-14-10-22(21-20-14)15-5-3-4-13(19)9-15/h3-5,9-12,16H,6-8H2,1-2H3/t11-,12+,16+/m1/s1. The highest BCUT2D eigenvalue weighted by molar-refractivity contribution is 6.30. The molecule has 5 heteroatoms. The van der Waals surface area contributed by atoms with Gasteiger partial charge in [-0.15, -0.1) is 5.10 Å². The van der Waals surface area contributed by atoms with Crippen molar-refractivity contribution in [2.24, 2.45) is 23.2 Å². The van der Waals surface area contributed by atoms with Crippen LogP contribution in [0.5, 0.6) is 0 Å². The Labute approximate surface area is 140 Å². The number of aromatic nitrogens is 3. The largest absolute Gasteiger partial charge is 0.299 e. The first-order chi connectivity index (χ1) is 10.9. The number of hydrogen-bond acceptors (Lipinski definition) is 3. The Kier molecular flexibility index (Phi) is 3.34. The highest BCUT2D eigenvalue weighted by Gasteiger charge is 2.57. The molecular formula is C18H20ClN3O. The second-order valence-corrected chi connectivity index (χ2v) is 7.92. The van der Waals surface area contributed by atoms with E-state index in [1.165, 1.54) is 0 Å². The maximum Gasteiger partial charge on any atom is 0.139 e. The third kappa shape index (κ3) is 2.40. The summed E-state index contributed by atoms with van der Waals surface area (Å²) in [6, 6.07) is 7.51. The summed E-state index contributed by atoms with van der Waals surface area (Å²) in [5.74, 6) is 1.46. The van der Waals surface area contributed by atoms with Gasteiger partial charge in [0, 0.05) is 23.3 Å².